The fourth-order valence-electron chi connectivity index (χ4n) is 3.52. The lowest BCUT2D eigenvalue weighted by Gasteiger charge is -2.33. The maximum atomic E-state index is 6.85. The molecule has 0 aliphatic heterocycles. The van der Waals surface area contributed by atoms with Crippen LogP contribution in [0.3, 0.4) is 0 Å². The van der Waals surface area contributed by atoms with Gasteiger partial charge in [0.15, 0.2) is 8.32 Å². The van der Waals surface area contributed by atoms with Crippen LogP contribution >= 0.6 is 0 Å². The standard InChI is InChI=1S/C24H42OSi2/c1-7-27(8-2,9-3)25-24(21-15-16-22-26(4,5)6)20-14-13-19-23-17-11-10-12-18-23/h10-12,17-18,24H,7-9,13-15,19-21H2,1-6H3. The molecule has 3 heteroatoms. The number of benzene rings is 1. The van der Waals surface area contributed by atoms with Gasteiger partial charge in [0.2, 0.25) is 0 Å². The summed E-state index contributed by atoms with van der Waals surface area (Å²) in [6.45, 7) is 14.0. The van der Waals surface area contributed by atoms with Crippen LogP contribution in [0.1, 0.15) is 58.4 Å². The molecular formula is C24H42OSi2. The van der Waals surface area contributed by atoms with Crippen LogP contribution in [0.2, 0.25) is 37.8 Å². The number of unbranched alkanes of at least 4 members (excludes halogenated alkanes) is 1. The summed E-state index contributed by atoms with van der Waals surface area (Å²) in [5, 5.41) is 0. The average molecular weight is 403 g/mol. The summed E-state index contributed by atoms with van der Waals surface area (Å²) in [6.07, 6.45) is 7.39. The van der Waals surface area contributed by atoms with E-state index in [2.05, 4.69) is 82.2 Å². The Balaban J connectivity index is 2.58. The second-order valence-electron chi connectivity index (χ2n) is 8.81. The fourth-order valence-corrected chi connectivity index (χ4v) is 7.12. The molecular weight excluding hydrogens is 360 g/mol. The smallest absolute Gasteiger partial charge is 0.192 e. The predicted molar refractivity (Wildman–Crippen MR) is 126 cm³/mol. The summed E-state index contributed by atoms with van der Waals surface area (Å²) in [5.41, 5.74) is 4.97. The zero-order valence-corrected chi connectivity index (χ0v) is 20.7. The number of hydrogen-bond acceptors (Lipinski definition) is 1. The van der Waals surface area contributed by atoms with Gasteiger partial charge in [0.1, 0.15) is 8.07 Å². The summed E-state index contributed by atoms with van der Waals surface area (Å²) in [4.78, 5) is 0. The third-order valence-electron chi connectivity index (χ3n) is 5.49. The van der Waals surface area contributed by atoms with Gasteiger partial charge in [0.05, 0.1) is 0 Å². The van der Waals surface area contributed by atoms with Gasteiger partial charge in [-0.25, -0.2) is 0 Å². The van der Waals surface area contributed by atoms with E-state index in [1.54, 1.807) is 0 Å². The van der Waals surface area contributed by atoms with Crippen molar-refractivity contribution in [2.24, 2.45) is 0 Å². The first kappa shape index (κ1) is 24.2. The van der Waals surface area contributed by atoms with Crippen molar-refractivity contribution in [1.82, 2.24) is 0 Å². The molecule has 0 aliphatic rings. The molecule has 1 atom stereocenters. The molecule has 0 amide bonds. The van der Waals surface area contributed by atoms with Gasteiger partial charge in [-0.2, -0.15) is 0 Å². The molecule has 0 radical (unpaired) electrons. The van der Waals surface area contributed by atoms with Crippen molar-refractivity contribution in [2.45, 2.75) is 103 Å². The molecule has 0 aromatic heterocycles. The molecule has 0 saturated carbocycles. The topological polar surface area (TPSA) is 9.23 Å². The highest BCUT2D eigenvalue weighted by Crippen LogP contribution is 2.27. The van der Waals surface area contributed by atoms with Crippen LogP contribution < -0.4 is 0 Å². The van der Waals surface area contributed by atoms with E-state index >= 15 is 0 Å². The second kappa shape index (κ2) is 12.6. The molecule has 0 fully saturated rings. The lowest BCUT2D eigenvalue weighted by molar-refractivity contribution is 0.164. The highest BCUT2D eigenvalue weighted by Gasteiger charge is 2.31. The lowest BCUT2D eigenvalue weighted by Crippen LogP contribution is -2.40. The molecule has 1 aromatic rings. The van der Waals surface area contributed by atoms with Crippen molar-refractivity contribution >= 4 is 16.4 Å². The zero-order valence-electron chi connectivity index (χ0n) is 18.7. The molecule has 0 saturated heterocycles. The maximum Gasteiger partial charge on any atom is 0.192 e. The highest BCUT2D eigenvalue weighted by molar-refractivity contribution is 6.83. The first-order valence-corrected chi connectivity index (χ1v) is 17.1. The Hall–Kier alpha value is -0.826. The molecule has 1 aromatic carbocycles. The predicted octanol–water partition coefficient (Wildman–Crippen LogP) is 7.45. The fraction of sp³-hybridized carbons (Fsp3) is 0.667. The van der Waals surface area contributed by atoms with Gasteiger partial charge < -0.3 is 4.43 Å². The summed E-state index contributed by atoms with van der Waals surface area (Å²) < 4.78 is 6.85. The van der Waals surface area contributed by atoms with Crippen LogP contribution in [0.4, 0.5) is 0 Å². The van der Waals surface area contributed by atoms with Crippen molar-refractivity contribution in [2.75, 3.05) is 0 Å². The van der Waals surface area contributed by atoms with Gasteiger partial charge in [0.25, 0.3) is 0 Å². The minimum Gasteiger partial charge on any atom is -0.414 e. The second-order valence-corrected chi connectivity index (χ2v) is 18.3. The number of aryl methyl sites for hydroxylation is 1. The van der Waals surface area contributed by atoms with Crippen LogP contribution in [0.25, 0.3) is 0 Å². The molecule has 0 aliphatic carbocycles. The zero-order chi connectivity index (χ0) is 20.2. The molecule has 1 rings (SSSR count). The van der Waals surface area contributed by atoms with Gasteiger partial charge in [-0.1, -0.05) is 77.2 Å². The van der Waals surface area contributed by atoms with Gasteiger partial charge in [-0.15, -0.1) is 11.5 Å². The molecule has 1 nitrogen and oxygen atoms in total. The Morgan fingerprint density at radius 2 is 1.52 bits per heavy atom. The van der Waals surface area contributed by atoms with E-state index in [0.29, 0.717) is 6.10 Å². The van der Waals surface area contributed by atoms with Crippen LogP contribution in [-0.2, 0) is 10.8 Å². The lowest BCUT2D eigenvalue weighted by atomic mass is 10.0. The van der Waals surface area contributed by atoms with Gasteiger partial charge >= 0.3 is 0 Å². The van der Waals surface area contributed by atoms with Crippen molar-refractivity contribution in [3.8, 4) is 11.5 Å². The number of rotatable bonds is 12. The van der Waals surface area contributed by atoms with Gasteiger partial charge in [-0.3, -0.25) is 0 Å². The van der Waals surface area contributed by atoms with E-state index in [0.717, 1.165) is 12.8 Å². The Morgan fingerprint density at radius 1 is 0.889 bits per heavy atom. The first-order valence-electron chi connectivity index (χ1n) is 11.1. The third kappa shape index (κ3) is 10.3. The molecule has 1 unspecified atom stereocenters. The Kier molecular flexibility index (Phi) is 11.3. The number of hydrogen-bond donors (Lipinski definition) is 0. The molecule has 152 valence electrons. The van der Waals surface area contributed by atoms with Crippen molar-refractivity contribution in [3.63, 3.8) is 0 Å². The quantitative estimate of drug-likeness (QED) is 0.200. The largest absolute Gasteiger partial charge is 0.414 e. The minimum absolute atomic E-state index is 0.406. The van der Waals surface area contributed by atoms with E-state index in [4.69, 9.17) is 4.43 Å². The van der Waals surface area contributed by atoms with Gasteiger partial charge in [-0.05, 0) is 49.4 Å². The Morgan fingerprint density at radius 3 is 2.07 bits per heavy atom. The van der Waals surface area contributed by atoms with E-state index in [-0.39, 0.29) is 0 Å². The monoisotopic (exact) mass is 402 g/mol. The van der Waals surface area contributed by atoms with Crippen LogP contribution in [0.5, 0.6) is 0 Å². The molecule has 0 bridgehead atoms. The van der Waals surface area contributed by atoms with Crippen molar-refractivity contribution in [1.29, 1.82) is 0 Å². The average Bonchev–Trinajstić information content (AvgIpc) is 2.66. The van der Waals surface area contributed by atoms with E-state index in [1.807, 2.05) is 0 Å². The Labute approximate surface area is 171 Å². The van der Waals surface area contributed by atoms with Crippen LogP contribution in [0, 0.1) is 11.5 Å². The summed E-state index contributed by atoms with van der Waals surface area (Å²) in [7, 11) is -2.80. The molecule has 0 N–H and O–H groups in total. The van der Waals surface area contributed by atoms with Crippen LogP contribution in [0.15, 0.2) is 30.3 Å². The minimum atomic E-state index is -1.54. The summed E-state index contributed by atoms with van der Waals surface area (Å²) in [5.74, 6) is 3.46. The molecule has 0 heterocycles. The van der Waals surface area contributed by atoms with Crippen LogP contribution in [-0.4, -0.2) is 22.5 Å². The molecule has 0 spiro atoms. The SMILES string of the molecule is CC[Si](CC)(CC)OC(CCC#C[Si](C)(C)C)CCCCc1ccccc1. The molecule has 27 heavy (non-hydrogen) atoms. The third-order valence-corrected chi connectivity index (χ3v) is 11.1. The van der Waals surface area contributed by atoms with E-state index < -0.39 is 16.4 Å². The van der Waals surface area contributed by atoms with Crippen molar-refractivity contribution < 1.29 is 4.43 Å². The van der Waals surface area contributed by atoms with E-state index in [9.17, 15) is 0 Å². The van der Waals surface area contributed by atoms with Crippen molar-refractivity contribution in [3.05, 3.63) is 35.9 Å². The summed E-state index contributed by atoms with van der Waals surface area (Å²) >= 11 is 0. The normalized spacial score (nSPS) is 13.1. The maximum absolute atomic E-state index is 6.85. The first-order chi connectivity index (χ1) is 12.8. The van der Waals surface area contributed by atoms with E-state index in [1.165, 1.54) is 49.4 Å². The Bertz CT molecular complexity index is 553. The summed E-state index contributed by atoms with van der Waals surface area (Å²) in [6, 6.07) is 14.6. The highest BCUT2D eigenvalue weighted by atomic mass is 28.4. The van der Waals surface area contributed by atoms with Gasteiger partial charge in [0, 0.05) is 12.5 Å².